The van der Waals surface area contributed by atoms with Gasteiger partial charge in [-0.05, 0) is 18.9 Å². The molecule has 1 fully saturated rings. The van der Waals surface area contributed by atoms with Crippen LogP contribution >= 0.6 is 0 Å². The van der Waals surface area contributed by atoms with Crippen LogP contribution in [0, 0.1) is 0 Å². The van der Waals surface area contributed by atoms with Gasteiger partial charge in [-0.1, -0.05) is 18.2 Å². The monoisotopic (exact) mass is 236 g/mol. The largest absolute Gasteiger partial charge is 0.496 e. The Hall–Kier alpha value is -1.55. The number of hydrogen-bond donors (Lipinski definition) is 1. The van der Waals surface area contributed by atoms with E-state index in [-0.39, 0.29) is 0 Å². The second-order valence-corrected chi connectivity index (χ2v) is 4.31. The average Bonchev–Trinajstić information content (AvgIpc) is 3.11. The molecule has 1 saturated carbocycles. The van der Waals surface area contributed by atoms with E-state index in [4.69, 9.17) is 9.47 Å². The van der Waals surface area contributed by atoms with Crippen LogP contribution in [0.15, 0.2) is 24.3 Å². The second kappa shape index (κ2) is 4.37. The summed E-state index contributed by atoms with van der Waals surface area (Å²) in [5.41, 5.74) is 0.504. The zero-order valence-corrected chi connectivity index (χ0v) is 9.97. The molecule has 1 atom stereocenters. The topological polar surface area (TPSA) is 55.8 Å². The third-order valence-corrected chi connectivity index (χ3v) is 3.39. The molecule has 92 valence electrons. The Bertz CT molecular complexity index is 423. The van der Waals surface area contributed by atoms with Crippen LogP contribution in [-0.2, 0) is 14.9 Å². The lowest BCUT2D eigenvalue weighted by atomic mass is 9.89. The molecule has 4 heteroatoms. The molecule has 0 heterocycles. The van der Waals surface area contributed by atoms with Crippen LogP contribution in [0.1, 0.15) is 18.4 Å². The molecule has 1 aromatic rings. The van der Waals surface area contributed by atoms with Gasteiger partial charge in [-0.3, -0.25) is 0 Å². The lowest BCUT2D eigenvalue weighted by Crippen LogP contribution is -2.36. The van der Waals surface area contributed by atoms with Gasteiger partial charge in [0.25, 0.3) is 0 Å². The van der Waals surface area contributed by atoms with Crippen molar-refractivity contribution in [1.29, 1.82) is 0 Å². The van der Waals surface area contributed by atoms with Crippen LogP contribution in [0.2, 0.25) is 0 Å². The van der Waals surface area contributed by atoms with Crippen LogP contribution in [0.25, 0.3) is 0 Å². The third-order valence-electron chi connectivity index (χ3n) is 3.39. The van der Waals surface area contributed by atoms with E-state index in [0.717, 1.165) is 24.2 Å². The summed E-state index contributed by atoms with van der Waals surface area (Å²) in [5, 5.41) is 9.21. The van der Waals surface area contributed by atoms with E-state index in [2.05, 4.69) is 0 Å². The molecule has 0 aliphatic heterocycles. The molecule has 0 amide bonds. The Labute approximate surface area is 100 Å². The normalized spacial score (nSPS) is 18.5. The van der Waals surface area contributed by atoms with Gasteiger partial charge in [-0.15, -0.1) is 0 Å². The maximum atomic E-state index is 11.2. The Kier molecular flexibility index (Phi) is 3.07. The van der Waals surface area contributed by atoms with Gasteiger partial charge in [0.1, 0.15) is 5.75 Å². The highest BCUT2D eigenvalue weighted by Gasteiger charge is 2.55. The smallest absolute Gasteiger partial charge is 0.333 e. The number of benzene rings is 1. The van der Waals surface area contributed by atoms with Gasteiger partial charge in [-0.2, -0.15) is 0 Å². The van der Waals surface area contributed by atoms with Crippen LogP contribution in [-0.4, -0.2) is 31.4 Å². The lowest BCUT2D eigenvalue weighted by molar-refractivity contribution is -0.150. The maximum absolute atomic E-state index is 11.2. The fraction of sp³-hybridized carbons (Fsp3) is 0.462. The number of carbonyl (C=O) groups is 1. The molecule has 2 rings (SSSR count). The van der Waals surface area contributed by atoms with Gasteiger partial charge in [0.05, 0.1) is 7.11 Å². The van der Waals surface area contributed by atoms with Gasteiger partial charge in [0.15, 0.2) is 6.10 Å². The molecule has 0 spiro atoms. The highest BCUT2D eigenvalue weighted by molar-refractivity contribution is 5.76. The van der Waals surface area contributed by atoms with Crippen molar-refractivity contribution >= 4 is 5.97 Å². The number of para-hydroxylation sites is 1. The number of rotatable bonds is 5. The molecule has 1 aromatic carbocycles. The van der Waals surface area contributed by atoms with E-state index in [9.17, 15) is 9.90 Å². The molecule has 0 aromatic heterocycles. The summed E-state index contributed by atoms with van der Waals surface area (Å²) in [6, 6.07) is 7.54. The summed E-state index contributed by atoms with van der Waals surface area (Å²) in [4.78, 5) is 11.2. The number of carboxylic acid groups (broad SMARTS) is 1. The molecule has 1 N–H and O–H groups in total. The summed E-state index contributed by atoms with van der Waals surface area (Å²) in [7, 11) is 3.03. The van der Waals surface area contributed by atoms with Crippen molar-refractivity contribution in [1.82, 2.24) is 0 Å². The van der Waals surface area contributed by atoms with Gasteiger partial charge < -0.3 is 14.6 Å². The number of ether oxygens (including phenoxy) is 2. The second-order valence-electron chi connectivity index (χ2n) is 4.31. The quantitative estimate of drug-likeness (QED) is 0.847. The van der Waals surface area contributed by atoms with Crippen molar-refractivity contribution in [3.63, 3.8) is 0 Å². The molecule has 0 saturated heterocycles. The predicted octanol–water partition coefficient (Wildman–Crippen LogP) is 1.83. The van der Waals surface area contributed by atoms with Crippen molar-refractivity contribution in [3.05, 3.63) is 29.8 Å². The minimum atomic E-state index is -0.920. The Morgan fingerprint density at radius 3 is 2.47 bits per heavy atom. The average molecular weight is 236 g/mol. The number of methoxy groups -OCH3 is 2. The SMILES string of the molecule is COc1ccccc1C1(C(OC)C(=O)O)CC1. The van der Waals surface area contributed by atoms with Crippen molar-refractivity contribution in [3.8, 4) is 5.75 Å². The van der Waals surface area contributed by atoms with Crippen molar-refractivity contribution in [2.24, 2.45) is 0 Å². The number of carboxylic acids is 1. The van der Waals surface area contributed by atoms with E-state index in [1.807, 2.05) is 24.3 Å². The Balaban J connectivity index is 2.41. The summed E-state index contributed by atoms with van der Waals surface area (Å²) in [6.45, 7) is 0. The minimum Gasteiger partial charge on any atom is -0.496 e. The number of hydrogen-bond acceptors (Lipinski definition) is 3. The summed E-state index contributed by atoms with van der Waals surface area (Å²) in [5.74, 6) is -0.191. The lowest BCUT2D eigenvalue weighted by Gasteiger charge is -2.24. The first-order chi connectivity index (χ1) is 8.15. The first kappa shape index (κ1) is 11.9. The highest BCUT2D eigenvalue weighted by Crippen LogP contribution is 2.54. The van der Waals surface area contributed by atoms with E-state index in [1.165, 1.54) is 7.11 Å². The molecular formula is C13H16O4. The first-order valence-electron chi connectivity index (χ1n) is 5.55. The van der Waals surface area contributed by atoms with E-state index in [1.54, 1.807) is 7.11 Å². The van der Waals surface area contributed by atoms with Crippen LogP contribution in [0.3, 0.4) is 0 Å². The van der Waals surface area contributed by atoms with Gasteiger partial charge >= 0.3 is 5.97 Å². The molecule has 0 bridgehead atoms. The van der Waals surface area contributed by atoms with Crippen LogP contribution in [0.4, 0.5) is 0 Å². The first-order valence-corrected chi connectivity index (χ1v) is 5.55. The van der Waals surface area contributed by atoms with E-state index < -0.39 is 17.5 Å². The third kappa shape index (κ3) is 1.89. The summed E-state index contributed by atoms with van der Waals surface area (Å²) in [6.07, 6.45) is 0.829. The molecule has 1 unspecified atom stereocenters. The van der Waals surface area contributed by atoms with E-state index >= 15 is 0 Å². The fourth-order valence-electron chi connectivity index (χ4n) is 2.43. The van der Waals surface area contributed by atoms with E-state index in [0.29, 0.717) is 0 Å². The molecule has 0 radical (unpaired) electrons. The molecule has 17 heavy (non-hydrogen) atoms. The Morgan fingerprint density at radius 2 is 2.00 bits per heavy atom. The van der Waals surface area contributed by atoms with Crippen molar-refractivity contribution < 1.29 is 19.4 Å². The van der Waals surface area contributed by atoms with Crippen LogP contribution in [0.5, 0.6) is 5.75 Å². The highest BCUT2D eigenvalue weighted by atomic mass is 16.5. The van der Waals surface area contributed by atoms with Crippen LogP contribution < -0.4 is 4.74 Å². The molecule has 1 aliphatic carbocycles. The predicted molar refractivity (Wildman–Crippen MR) is 62.3 cm³/mol. The summed E-state index contributed by atoms with van der Waals surface area (Å²) < 4.78 is 10.4. The van der Waals surface area contributed by atoms with Gasteiger partial charge in [0, 0.05) is 18.1 Å². The molecule has 1 aliphatic rings. The molecule has 4 nitrogen and oxygen atoms in total. The summed E-state index contributed by atoms with van der Waals surface area (Å²) >= 11 is 0. The fourth-order valence-corrected chi connectivity index (χ4v) is 2.43. The van der Waals surface area contributed by atoms with Gasteiger partial charge in [0.2, 0.25) is 0 Å². The Morgan fingerprint density at radius 1 is 1.35 bits per heavy atom. The molecular weight excluding hydrogens is 220 g/mol. The minimum absolute atomic E-state index is 0.423. The zero-order valence-electron chi connectivity index (χ0n) is 9.97. The van der Waals surface area contributed by atoms with Crippen molar-refractivity contribution in [2.75, 3.05) is 14.2 Å². The van der Waals surface area contributed by atoms with Gasteiger partial charge in [-0.25, -0.2) is 4.79 Å². The maximum Gasteiger partial charge on any atom is 0.333 e. The zero-order chi connectivity index (χ0) is 12.5. The number of aliphatic carboxylic acids is 1. The standard InChI is InChI=1S/C13H16O4/c1-16-10-6-4-3-5-9(10)13(7-8-13)11(17-2)12(14)15/h3-6,11H,7-8H2,1-2H3,(H,14,15). The van der Waals surface area contributed by atoms with Crippen molar-refractivity contribution in [2.45, 2.75) is 24.4 Å².